The predicted molar refractivity (Wildman–Crippen MR) is 96.7 cm³/mol. The zero-order valence-electron chi connectivity index (χ0n) is 14.9. The summed E-state index contributed by atoms with van der Waals surface area (Å²) in [5.74, 6) is 0.927. The second kappa shape index (κ2) is 7.95. The molecule has 2 aromatic rings. The number of pyridine rings is 1. The molecule has 0 saturated carbocycles. The number of ether oxygens (including phenoxy) is 1. The fraction of sp³-hybridized carbons (Fsp3) is 0.333. The minimum atomic E-state index is -4.55. The molecule has 0 amide bonds. The Morgan fingerprint density at radius 3 is 2.58 bits per heavy atom. The second-order valence-corrected chi connectivity index (χ2v) is 6.18. The Morgan fingerprint density at radius 1 is 1.27 bits per heavy atom. The molecule has 1 aromatic carbocycles. The van der Waals surface area contributed by atoms with Gasteiger partial charge in [0.2, 0.25) is 0 Å². The van der Waals surface area contributed by atoms with E-state index in [1.807, 2.05) is 18.9 Å². The van der Waals surface area contributed by atoms with E-state index >= 15 is 0 Å². The van der Waals surface area contributed by atoms with Crippen LogP contribution in [0, 0.1) is 13.8 Å². The Morgan fingerprint density at radius 2 is 1.96 bits per heavy atom. The quantitative estimate of drug-likeness (QED) is 0.484. The Hall–Kier alpha value is -2.28. The third-order valence-electron chi connectivity index (χ3n) is 3.68. The standard InChI is InChI=1S/C18H19ClF3N3O/c1-5-25(4)10-23-17-11(2)8-16(12(3)24-17)26-13-6-7-15(19)14(9-13)18(20,21)22/h6-10H,5H2,1-4H3. The average molecular weight is 386 g/mol. The summed E-state index contributed by atoms with van der Waals surface area (Å²) in [4.78, 5) is 10.6. The highest BCUT2D eigenvalue weighted by molar-refractivity contribution is 6.31. The normalized spacial score (nSPS) is 11.8. The highest BCUT2D eigenvalue weighted by Gasteiger charge is 2.33. The number of nitrogens with zero attached hydrogens (tertiary/aromatic N) is 3. The van der Waals surface area contributed by atoms with Gasteiger partial charge in [-0.05, 0) is 50.6 Å². The molecule has 0 bridgehead atoms. The van der Waals surface area contributed by atoms with Crippen molar-refractivity contribution < 1.29 is 17.9 Å². The van der Waals surface area contributed by atoms with Crippen LogP contribution in [0.3, 0.4) is 0 Å². The number of aryl methyl sites for hydroxylation is 2. The Balaban J connectivity index is 2.31. The van der Waals surface area contributed by atoms with Crippen LogP contribution in [-0.4, -0.2) is 29.8 Å². The molecule has 0 radical (unpaired) electrons. The zero-order chi connectivity index (χ0) is 19.5. The van der Waals surface area contributed by atoms with Crippen LogP contribution < -0.4 is 4.74 Å². The van der Waals surface area contributed by atoms with Gasteiger partial charge in [0.05, 0.1) is 22.6 Å². The van der Waals surface area contributed by atoms with Gasteiger partial charge in [-0.1, -0.05) is 11.6 Å². The van der Waals surface area contributed by atoms with Crippen molar-refractivity contribution in [3.8, 4) is 11.5 Å². The van der Waals surface area contributed by atoms with Gasteiger partial charge in [-0.2, -0.15) is 13.2 Å². The summed E-state index contributed by atoms with van der Waals surface area (Å²) in [5.41, 5.74) is 0.324. The SMILES string of the molecule is CCN(C)C=Nc1nc(C)c(Oc2ccc(Cl)c(C(F)(F)F)c2)cc1C. The third-order valence-corrected chi connectivity index (χ3v) is 4.01. The fourth-order valence-electron chi connectivity index (χ4n) is 2.05. The van der Waals surface area contributed by atoms with Crippen LogP contribution in [0.1, 0.15) is 23.7 Å². The number of hydrogen-bond acceptors (Lipinski definition) is 3. The van der Waals surface area contributed by atoms with E-state index in [1.165, 1.54) is 6.07 Å². The monoisotopic (exact) mass is 385 g/mol. The van der Waals surface area contributed by atoms with E-state index in [0.717, 1.165) is 24.2 Å². The number of benzene rings is 1. The van der Waals surface area contributed by atoms with Crippen LogP contribution >= 0.6 is 11.6 Å². The van der Waals surface area contributed by atoms with Gasteiger partial charge in [-0.25, -0.2) is 9.98 Å². The zero-order valence-corrected chi connectivity index (χ0v) is 15.6. The van der Waals surface area contributed by atoms with E-state index in [4.69, 9.17) is 16.3 Å². The Kier molecular flexibility index (Phi) is 6.13. The molecule has 0 unspecified atom stereocenters. The van der Waals surface area contributed by atoms with Crippen molar-refractivity contribution in [2.24, 2.45) is 4.99 Å². The maximum atomic E-state index is 13.0. The summed E-state index contributed by atoms with van der Waals surface area (Å²) in [5, 5.41) is -0.374. The van der Waals surface area contributed by atoms with Crippen LogP contribution in [0.4, 0.5) is 19.0 Å². The predicted octanol–water partition coefficient (Wildman–Crippen LogP) is 5.77. The summed E-state index contributed by atoms with van der Waals surface area (Å²) in [6.45, 7) is 6.31. The molecular weight excluding hydrogens is 367 g/mol. The van der Waals surface area contributed by atoms with Crippen molar-refractivity contribution in [2.45, 2.75) is 26.9 Å². The van der Waals surface area contributed by atoms with E-state index in [0.29, 0.717) is 17.3 Å². The summed E-state index contributed by atoms with van der Waals surface area (Å²) in [7, 11) is 1.89. The first-order valence-electron chi connectivity index (χ1n) is 7.89. The number of hydrogen-bond donors (Lipinski definition) is 0. The number of halogens is 4. The Labute approximate surface area is 155 Å². The largest absolute Gasteiger partial charge is 0.455 e. The van der Waals surface area contributed by atoms with Crippen LogP contribution in [0.5, 0.6) is 11.5 Å². The molecule has 0 fully saturated rings. The lowest BCUT2D eigenvalue weighted by atomic mass is 10.2. The smallest absolute Gasteiger partial charge is 0.417 e. The lowest BCUT2D eigenvalue weighted by molar-refractivity contribution is -0.137. The van der Waals surface area contributed by atoms with E-state index in [2.05, 4.69) is 9.98 Å². The van der Waals surface area contributed by atoms with Crippen LogP contribution in [0.15, 0.2) is 29.3 Å². The molecule has 0 spiro atoms. The topological polar surface area (TPSA) is 37.7 Å². The average Bonchev–Trinajstić information content (AvgIpc) is 2.56. The van der Waals surface area contributed by atoms with Crippen molar-refractivity contribution >= 4 is 23.8 Å². The van der Waals surface area contributed by atoms with E-state index in [1.54, 1.807) is 26.3 Å². The number of alkyl halides is 3. The first-order chi connectivity index (χ1) is 12.1. The number of aromatic nitrogens is 1. The number of aliphatic imine (C=N–C) groups is 1. The summed E-state index contributed by atoms with van der Waals surface area (Å²) < 4.78 is 44.5. The molecule has 0 saturated heterocycles. The summed E-state index contributed by atoms with van der Waals surface area (Å²) in [6.07, 6.45) is -2.88. The first-order valence-corrected chi connectivity index (χ1v) is 8.27. The van der Waals surface area contributed by atoms with Crippen molar-refractivity contribution in [1.29, 1.82) is 0 Å². The van der Waals surface area contributed by atoms with Gasteiger partial charge < -0.3 is 9.64 Å². The molecule has 0 aliphatic carbocycles. The molecule has 1 heterocycles. The van der Waals surface area contributed by atoms with Gasteiger partial charge in [-0.15, -0.1) is 0 Å². The first kappa shape index (κ1) is 20.0. The molecule has 0 N–H and O–H groups in total. The van der Waals surface area contributed by atoms with Gasteiger partial charge >= 0.3 is 6.18 Å². The molecule has 0 atom stereocenters. The van der Waals surface area contributed by atoms with Crippen molar-refractivity contribution in [1.82, 2.24) is 9.88 Å². The van der Waals surface area contributed by atoms with Crippen molar-refractivity contribution in [3.05, 3.63) is 46.1 Å². The minimum Gasteiger partial charge on any atom is -0.455 e. The van der Waals surface area contributed by atoms with Gasteiger partial charge in [-0.3, -0.25) is 0 Å². The van der Waals surface area contributed by atoms with E-state index in [9.17, 15) is 13.2 Å². The molecule has 140 valence electrons. The maximum absolute atomic E-state index is 13.0. The van der Waals surface area contributed by atoms with Gasteiger partial charge in [0.25, 0.3) is 0 Å². The van der Waals surface area contributed by atoms with Crippen molar-refractivity contribution in [2.75, 3.05) is 13.6 Å². The van der Waals surface area contributed by atoms with E-state index < -0.39 is 11.7 Å². The minimum absolute atomic E-state index is 0.0352. The van der Waals surface area contributed by atoms with Crippen molar-refractivity contribution in [3.63, 3.8) is 0 Å². The highest BCUT2D eigenvalue weighted by Crippen LogP contribution is 2.38. The molecule has 4 nitrogen and oxygen atoms in total. The van der Waals surface area contributed by atoms with Gasteiger partial charge in [0.1, 0.15) is 11.5 Å². The maximum Gasteiger partial charge on any atom is 0.417 e. The third kappa shape index (κ3) is 4.88. The molecule has 2 rings (SSSR count). The summed E-state index contributed by atoms with van der Waals surface area (Å²) in [6, 6.07) is 5.12. The van der Waals surface area contributed by atoms with Crippen LogP contribution in [0.2, 0.25) is 5.02 Å². The van der Waals surface area contributed by atoms with E-state index in [-0.39, 0.29) is 10.8 Å². The van der Waals surface area contributed by atoms with Gasteiger partial charge in [0, 0.05) is 13.6 Å². The van der Waals surface area contributed by atoms with Gasteiger partial charge in [0.15, 0.2) is 5.82 Å². The van der Waals surface area contributed by atoms with Crippen LogP contribution in [-0.2, 0) is 6.18 Å². The molecule has 1 aromatic heterocycles. The fourth-order valence-corrected chi connectivity index (χ4v) is 2.27. The highest BCUT2D eigenvalue weighted by atomic mass is 35.5. The molecule has 26 heavy (non-hydrogen) atoms. The second-order valence-electron chi connectivity index (χ2n) is 5.77. The molecule has 0 aliphatic rings. The van der Waals surface area contributed by atoms with Crippen LogP contribution in [0.25, 0.3) is 0 Å². The Bertz CT molecular complexity index is 822. The lowest BCUT2D eigenvalue weighted by Crippen LogP contribution is -2.14. The molecule has 0 aliphatic heterocycles. The molecular formula is C18H19ClF3N3O. The number of rotatable bonds is 5. The molecule has 8 heteroatoms. The lowest BCUT2D eigenvalue weighted by Gasteiger charge is -2.14. The summed E-state index contributed by atoms with van der Waals surface area (Å²) >= 11 is 5.63.